The summed E-state index contributed by atoms with van der Waals surface area (Å²) in [5.41, 5.74) is 10.0. The second kappa shape index (κ2) is 6.60. The molecule has 27 heavy (non-hydrogen) atoms. The lowest BCUT2D eigenvalue weighted by Crippen LogP contribution is -2.14. The van der Waals surface area contributed by atoms with E-state index in [4.69, 9.17) is 5.73 Å². The van der Waals surface area contributed by atoms with Gasteiger partial charge in [0.1, 0.15) is 11.5 Å². The Bertz CT molecular complexity index is 1170. The van der Waals surface area contributed by atoms with Gasteiger partial charge in [0.15, 0.2) is 0 Å². The first kappa shape index (κ1) is 16.8. The summed E-state index contributed by atoms with van der Waals surface area (Å²) in [7, 11) is 0. The Hall–Kier alpha value is -3.61. The maximum Gasteiger partial charge on any atom is 0.223 e. The van der Waals surface area contributed by atoms with E-state index in [0.29, 0.717) is 22.8 Å². The Morgan fingerprint density at radius 1 is 1.19 bits per heavy atom. The third kappa shape index (κ3) is 3.15. The Labute approximate surface area is 154 Å². The molecule has 0 radical (unpaired) electrons. The number of amides is 1. The van der Waals surface area contributed by atoms with Crippen LogP contribution in [0.5, 0.6) is 0 Å². The molecule has 4 heterocycles. The summed E-state index contributed by atoms with van der Waals surface area (Å²) in [5.74, 6) is -0.776. The third-order valence-corrected chi connectivity index (χ3v) is 4.32. The van der Waals surface area contributed by atoms with Gasteiger partial charge in [0, 0.05) is 29.7 Å². The van der Waals surface area contributed by atoms with Crippen molar-refractivity contribution in [3.05, 3.63) is 72.2 Å². The van der Waals surface area contributed by atoms with E-state index in [1.807, 2.05) is 34.9 Å². The Morgan fingerprint density at radius 3 is 2.81 bits per heavy atom. The van der Waals surface area contributed by atoms with Crippen LogP contribution >= 0.6 is 0 Å². The van der Waals surface area contributed by atoms with Crippen LogP contribution in [0.4, 0.5) is 4.39 Å². The van der Waals surface area contributed by atoms with Gasteiger partial charge < -0.3 is 10.1 Å². The van der Waals surface area contributed by atoms with E-state index in [2.05, 4.69) is 15.0 Å². The number of aryl methyl sites for hydroxylation is 1. The van der Waals surface area contributed by atoms with Gasteiger partial charge in [0.25, 0.3) is 0 Å². The molecule has 0 saturated heterocycles. The molecule has 0 atom stereocenters. The standard InChI is InChI=1S/C20H16FN5O/c1-12-16(21)5-6-17(25-12)20-15(3-2-8-23-20)13-4-7-19-24-10-14(9-18(22)27)26(19)11-13/h2-8,10-11H,9H2,1H3,(H2,22,27). The zero-order chi connectivity index (χ0) is 19.0. The van der Waals surface area contributed by atoms with Crippen molar-refractivity contribution in [3.8, 4) is 22.5 Å². The number of primary amides is 1. The minimum Gasteiger partial charge on any atom is -0.369 e. The van der Waals surface area contributed by atoms with Crippen molar-refractivity contribution in [3.63, 3.8) is 0 Å². The molecule has 0 aliphatic carbocycles. The van der Waals surface area contributed by atoms with Crippen molar-refractivity contribution in [2.75, 3.05) is 0 Å². The number of fused-ring (bicyclic) bond motifs is 1. The van der Waals surface area contributed by atoms with Gasteiger partial charge in [-0.2, -0.15) is 0 Å². The summed E-state index contributed by atoms with van der Waals surface area (Å²) < 4.78 is 15.4. The second-order valence-corrected chi connectivity index (χ2v) is 6.20. The number of halogens is 1. The van der Waals surface area contributed by atoms with Gasteiger partial charge in [-0.15, -0.1) is 0 Å². The quantitative estimate of drug-likeness (QED) is 0.605. The average molecular weight is 361 g/mol. The van der Waals surface area contributed by atoms with Crippen LogP contribution in [0.1, 0.15) is 11.4 Å². The highest BCUT2D eigenvalue weighted by atomic mass is 19.1. The van der Waals surface area contributed by atoms with Crippen LogP contribution in [0.2, 0.25) is 0 Å². The van der Waals surface area contributed by atoms with E-state index < -0.39 is 5.91 Å². The monoisotopic (exact) mass is 361 g/mol. The molecule has 0 fully saturated rings. The number of rotatable bonds is 4. The SMILES string of the molecule is Cc1nc(-c2ncccc2-c2ccc3ncc(CC(N)=O)n3c2)ccc1F. The Kier molecular flexibility index (Phi) is 4.12. The first-order chi connectivity index (χ1) is 13.0. The summed E-state index contributed by atoms with van der Waals surface area (Å²) in [6, 6.07) is 10.5. The molecule has 6 nitrogen and oxygen atoms in total. The highest BCUT2D eigenvalue weighted by Crippen LogP contribution is 2.30. The van der Waals surface area contributed by atoms with Crippen molar-refractivity contribution >= 4 is 11.6 Å². The lowest BCUT2D eigenvalue weighted by atomic mass is 10.0. The van der Waals surface area contributed by atoms with Crippen molar-refractivity contribution in [2.24, 2.45) is 5.73 Å². The maximum atomic E-state index is 13.6. The normalized spacial score (nSPS) is 11.0. The lowest BCUT2D eigenvalue weighted by Gasteiger charge is -2.10. The van der Waals surface area contributed by atoms with Gasteiger partial charge in [-0.3, -0.25) is 9.78 Å². The number of nitrogens with zero attached hydrogens (tertiary/aromatic N) is 4. The zero-order valence-electron chi connectivity index (χ0n) is 14.6. The predicted octanol–water partition coefficient (Wildman–Crippen LogP) is 2.93. The molecular weight excluding hydrogens is 345 g/mol. The molecule has 0 saturated carbocycles. The molecule has 7 heteroatoms. The second-order valence-electron chi connectivity index (χ2n) is 6.20. The lowest BCUT2D eigenvalue weighted by molar-refractivity contribution is -0.117. The van der Waals surface area contributed by atoms with E-state index in [-0.39, 0.29) is 12.2 Å². The molecule has 4 aromatic heterocycles. The zero-order valence-corrected chi connectivity index (χ0v) is 14.6. The summed E-state index contributed by atoms with van der Waals surface area (Å²) >= 11 is 0. The van der Waals surface area contributed by atoms with E-state index in [0.717, 1.165) is 16.8 Å². The smallest absolute Gasteiger partial charge is 0.223 e. The molecule has 1 amide bonds. The van der Waals surface area contributed by atoms with Crippen molar-refractivity contribution < 1.29 is 9.18 Å². The van der Waals surface area contributed by atoms with Crippen LogP contribution in [-0.4, -0.2) is 25.3 Å². The molecule has 0 spiro atoms. The van der Waals surface area contributed by atoms with E-state index in [9.17, 15) is 9.18 Å². The molecule has 4 aromatic rings. The first-order valence-corrected chi connectivity index (χ1v) is 8.36. The summed E-state index contributed by atoms with van der Waals surface area (Å²) in [6.45, 7) is 1.62. The number of hydrogen-bond donors (Lipinski definition) is 1. The number of imidazole rings is 1. The largest absolute Gasteiger partial charge is 0.369 e. The predicted molar refractivity (Wildman–Crippen MR) is 99.2 cm³/mol. The molecule has 0 bridgehead atoms. The fourth-order valence-corrected chi connectivity index (χ4v) is 3.02. The van der Waals surface area contributed by atoms with E-state index in [1.54, 1.807) is 25.4 Å². The molecule has 4 rings (SSSR count). The van der Waals surface area contributed by atoms with Crippen LogP contribution in [0.25, 0.3) is 28.2 Å². The molecule has 0 unspecified atom stereocenters. The van der Waals surface area contributed by atoms with Gasteiger partial charge in [0.05, 0.1) is 29.2 Å². The van der Waals surface area contributed by atoms with Crippen molar-refractivity contribution in [1.82, 2.24) is 19.4 Å². The highest BCUT2D eigenvalue weighted by molar-refractivity contribution is 5.80. The Balaban J connectivity index is 1.86. The van der Waals surface area contributed by atoms with Crippen LogP contribution < -0.4 is 5.73 Å². The van der Waals surface area contributed by atoms with Gasteiger partial charge in [-0.05, 0) is 37.3 Å². The maximum absolute atomic E-state index is 13.6. The number of aromatic nitrogens is 4. The number of carbonyl (C=O) groups excluding carboxylic acids is 1. The van der Waals surface area contributed by atoms with E-state index >= 15 is 0 Å². The minimum absolute atomic E-state index is 0.100. The third-order valence-electron chi connectivity index (χ3n) is 4.32. The van der Waals surface area contributed by atoms with Crippen LogP contribution in [0.3, 0.4) is 0 Å². The van der Waals surface area contributed by atoms with Gasteiger partial charge in [-0.1, -0.05) is 6.07 Å². The molecular formula is C20H16FN5O. The molecule has 134 valence electrons. The number of nitrogens with two attached hydrogens (primary N) is 1. The highest BCUT2D eigenvalue weighted by Gasteiger charge is 2.13. The van der Waals surface area contributed by atoms with Gasteiger partial charge >= 0.3 is 0 Å². The molecule has 0 aliphatic heterocycles. The fraction of sp³-hybridized carbons (Fsp3) is 0.100. The van der Waals surface area contributed by atoms with Gasteiger partial charge in [-0.25, -0.2) is 14.4 Å². The molecule has 0 aliphatic rings. The summed E-state index contributed by atoms with van der Waals surface area (Å²) in [5, 5.41) is 0. The van der Waals surface area contributed by atoms with Gasteiger partial charge in [0.2, 0.25) is 5.91 Å². The van der Waals surface area contributed by atoms with Crippen LogP contribution in [-0.2, 0) is 11.2 Å². The fourth-order valence-electron chi connectivity index (χ4n) is 3.02. The van der Waals surface area contributed by atoms with E-state index in [1.165, 1.54) is 6.07 Å². The molecule has 0 aromatic carbocycles. The average Bonchev–Trinajstić information content (AvgIpc) is 3.05. The van der Waals surface area contributed by atoms with Crippen LogP contribution in [0.15, 0.2) is 55.0 Å². The Morgan fingerprint density at radius 2 is 2.04 bits per heavy atom. The van der Waals surface area contributed by atoms with Crippen molar-refractivity contribution in [1.29, 1.82) is 0 Å². The minimum atomic E-state index is -0.421. The summed E-state index contributed by atoms with van der Waals surface area (Å²) in [4.78, 5) is 24.4. The summed E-state index contributed by atoms with van der Waals surface area (Å²) in [6.07, 6.45) is 5.30. The topological polar surface area (TPSA) is 86.2 Å². The first-order valence-electron chi connectivity index (χ1n) is 8.36. The number of hydrogen-bond acceptors (Lipinski definition) is 4. The molecule has 2 N–H and O–H groups in total. The number of carbonyl (C=O) groups is 1. The van der Waals surface area contributed by atoms with Crippen molar-refractivity contribution in [2.45, 2.75) is 13.3 Å². The van der Waals surface area contributed by atoms with Crippen LogP contribution in [0, 0.1) is 12.7 Å². The number of pyridine rings is 3.